The molecular weight excluding hydrogens is 281 g/mol. The molecule has 2 aromatic heterocycles. The third-order valence-corrected chi connectivity index (χ3v) is 3.14. The number of fused-ring (bicyclic) bond motifs is 1. The summed E-state index contributed by atoms with van der Waals surface area (Å²) in [6.45, 7) is 1.97. The van der Waals surface area contributed by atoms with E-state index in [1.165, 1.54) is 6.07 Å². The molecule has 0 saturated heterocycles. The topological polar surface area (TPSA) is 38.7 Å². The van der Waals surface area contributed by atoms with E-state index in [1.807, 2.05) is 37.3 Å². The average molecular weight is 290 g/mol. The predicted molar refractivity (Wildman–Crippen MR) is 77.5 cm³/mol. The zero-order chi connectivity index (χ0) is 13.4. The molecule has 94 valence electrons. The monoisotopic (exact) mass is 289 g/mol. The highest BCUT2D eigenvalue weighted by molar-refractivity contribution is 6.33. The van der Waals surface area contributed by atoms with Crippen molar-refractivity contribution in [3.05, 3.63) is 52.4 Å². The van der Waals surface area contributed by atoms with Gasteiger partial charge in [-0.25, -0.2) is 9.97 Å². The number of nitrogens with zero attached hydrogens (tertiary/aromatic N) is 3. The molecule has 0 N–H and O–H groups in total. The lowest BCUT2D eigenvalue weighted by Crippen LogP contribution is -1.91. The van der Waals surface area contributed by atoms with Crippen LogP contribution in [0.5, 0.6) is 0 Å². The lowest BCUT2D eigenvalue weighted by Gasteiger charge is -2.04. The maximum Gasteiger partial charge on any atom is 0.162 e. The Kier molecular flexibility index (Phi) is 3.09. The third kappa shape index (κ3) is 2.53. The Hall–Kier alpha value is -1.71. The standard InChI is InChI=1S/C14H9Cl2N3/c1-8-2-3-9-6-10(4-5-11(9)17-8)14-18-12(15)7-13(16)19-14/h2-7H,1H3. The van der Waals surface area contributed by atoms with E-state index in [-0.39, 0.29) is 0 Å². The molecule has 0 spiro atoms. The zero-order valence-corrected chi connectivity index (χ0v) is 11.6. The van der Waals surface area contributed by atoms with Crippen LogP contribution in [0.1, 0.15) is 5.69 Å². The van der Waals surface area contributed by atoms with Gasteiger partial charge in [0.25, 0.3) is 0 Å². The summed E-state index contributed by atoms with van der Waals surface area (Å²) in [4.78, 5) is 12.8. The van der Waals surface area contributed by atoms with Gasteiger partial charge < -0.3 is 0 Å². The molecule has 0 aliphatic heterocycles. The summed E-state index contributed by atoms with van der Waals surface area (Å²) in [6.07, 6.45) is 0. The fraction of sp³-hybridized carbons (Fsp3) is 0.0714. The van der Waals surface area contributed by atoms with Crippen molar-refractivity contribution in [2.75, 3.05) is 0 Å². The predicted octanol–water partition coefficient (Wildman–Crippen LogP) is 4.31. The first-order chi connectivity index (χ1) is 9.11. The maximum absolute atomic E-state index is 5.89. The molecule has 0 aliphatic rings. The Morgan fingerprint density at radius 2 is 1.58 bits per heavy atom. The van der Waals surface area contributed by atoms with Crippen molar-refractivity contribution in [3.8, 4) is 11.4 Å². The molecule has 19 heavy (non-hydrogen) atoms. The van der Waals surface area contributed by atoms with E-state index >= 15 is 0 Å². The second-order valence-corrected chi connectivity index (χ2v) is 4.97. The Morgan fingerprint density at radius 1 is 0.842 bits per heavy atom. The number of halogens is 2. The van der Waals surface area contributed by atoms with Crippen LogP contribution in [0.25, 0.3) is 22.3 Å². The smallest absolute Gasteiger partial charge is 0.162 e. The molecule has 0 amide bonds. The van der Waals surface area contributed by atoms with Gasteiger partial charge in [-0.2, -0.15) is 0 Å². The van der Waals surface area contributed by atoms with E-state index in [4.69, 9.17) is 23.2 Å². The van der Waals surface area contributed by atoms with Crippen molar-refractivity contribution >= 4 is 34.1 Å². The van der Waals surface area contributed by atoms with Crippen LogP contribution in [-0.4, -0.2) is 15.0 Å². The van der Waals surface area contributed by atoms with Crippen LogP contribution in [0.2, 0.25) is 10.3 Å². The molecule has 0 unspecified atom stereocenters. The Labute approximate surface area is 120 Å². The highest BCUT2D eigenvalue weighted by atomic mass is 35.5. The minimum Gasteiger partial charge on any atom is -0.253 e. The average Bonchev–Trinajstić information content (AvgIpc) is 2.37. The van der Waals surface area contributed by atoms with Gasteiger partial charge in [0.15, 0.2) is 5.82 Å². The largest absolute Gasteiger partial charge is 0.253 e. The third-order valence-electron chi connectivity index (χ3n) is 2.75. The Bertz CT molecular complexity index is 751. The molecule has 0 radical (unpaired) electrons. The van der Waals surface area contributed by atoms with Crippen molar-refractivity contribution < 1.29 is 0 Å². The SMILES string of the molecule is Cc1ccc2cc(-c3nc(Cl)cc(Cl)n3)ccc2n1. The van der Waals surface area contributed by atoms with Crippen LogP contribution in [0.4, 0.5) is 0 Å². The zero-order valence-electron chi connectivity index (χ0n) is 10.1. The van der Waals surface area contributed by atoms with Gasteiger partial charge in [0.05, 0.1) is 5.52 Å². The van der Waals surface area contributed by atoms with Crippen LogP contribution >= 0.6 is 23.2 Å². The van der Waals surface area contributed by atoms with Gasteiger partial charge in [0, 0.05) is 22.7 Å². The van der Waals surface area contributed by atoms with E-state index in [2.05, 4.69) is 15.0 Å². The van der Waals surface area contributed by atoms with Gasteiger partial charge in [0.2, 0.25) is 0 Å². The number of hydrogen-bond donors (Lipinski definition) is 0. The quantitative estimate of drug-likeness (QED) is 0.627. The van der Waals surface area contributed by atoms with Gasteiger partial charge >= 0.3 is 0 Å². The van der Waals surface area contributed by atoms with Gasteiger partial charge in [-0.15, -0.1) is 0 Å². The second kappa shape index (κ2) is 4.76. The fourth-order valence-corrected chi connectivity index (χ4v) is 2.31. The fourth-order valence-electron chi connectivity index (χ4n) is 1.89. The van der Waals surface area contributed by atoms with E-state index in [9.17, 15) is 0 Å². The summed E-state index contributed by atoms with van der Waals surface area (Å²) in [5, 5.41) is 1.69. The molecule has 3 nitrogen and oxygen atoms in total. The Balaban J connectivity index is 2.17. The number of pyridine rings is 1. The molecule has 5 heteroatoms. The van der Waals surface area contributed by atoms with Crippen molar-refractivity contribution in [2.24, 2.45) is 0 Å². The molecular formula is C14H9Cl2N3. The summed E-state index contributed by atoms with van der Waals surface area (Å²) >= 11 is 11.8. The van der Waals surface area contributed by atoms with E-state index in [1.54, 1.807) is 0 Å². The van der Waals surface area contributed by atoms with Crippen molar-refractivity contribution in [2.45, 2.75) is 6.92 Å². The lowest BCUT2D eigenvalue weighted by molar-refractivity contribution is 1.18. The second-order valence-electron chi connectivity index (χ2n) is 4.20. The van der Waals surface area contributed by atoms with Gasteiger partial charge in [0.1, 0.15) is 10.3 Å². The van der Waals surface area contributed by atoms with E-state index in [0.717, 1.165) is 22.2 Å². The van der Waals surface area contributed by atoms with Crippen LogP contribution in [0.15, 0.2) is 36.4 Å². The molecule has 0 fully saturated rings. The van der Waals surface area contributed by atoms with Crippen molar-refractivity contribution in [3.63, 3.8) is 0 Å². The van der Waals surface area contributed by atoms with E-state index < -0.39 is 0 Å². The normalized spacial score (nSPS) is 10.9. The molecule has 0 atom stereocenters. The Morgan fingerprint density at radius 3 is 2.32 bits per heavy atom. The summed E-state index contributed by atoms with van der Waals surface area (Å²) < 4.78 is 0. The molecule has 0 saturated carbocycles. The summed E-state index contributed by atoms with van der Waals surface area (Å²) in [5.41, 5.74) is 2.79. The lowest BCUT2D eigenvalue weighted by atomic mass is 10.1. The molecule has 0 aliphatic carbocycles. The van der Waals surface area contributed by atoms with Crippen LogP contribution in [0.3, 0.4) is 0 Å². The first-order valence-corrected chi connectivity index (χ1v) is 6.45. The number of hydrogen-bond acceptors (Lipinski definition) is 3. The van der Waals surface area contributed by atoms with Crippen molar-refractivity contribution in [1.82, 2.24) is 15.0 Å². The molecule has 3 aromatic rings. The highest BCUT2D eigenvalue weighted by Crippen LogP contribution is 2.23. The maximum atomic E-state index is 5.89. The minimum absolute atomic E-state index is 0.331. The number of benzene rings is 1. The summed E-state index contributed by atoms with van der Waals surface area (Å²) in [7, 11) is 0. The molecule has 3 rings (SSSR count). The van der Waals surface area contributed by atoms with Gasteiger partial charge in [-0.05, 0) is 31.2 Å². The first-order valence-electron chi connectivity index (χ1n) is 5.70. The van der Waals surface area contributed by atoms with E-state index in [0.29, 0.717) is 16.1 Å². The number of aromatic nitrogens is 3. The molecule has 2 heterocycles. The molecule has 0 bridgehead atoms. The highest BCUT2D eigenvalue weighted by Gasteiger charge is 2.06. The number of rotatable bonds is 1. The summed E-state index contributed by atoms with van der Waals surface area (Å²) in [6, 6.07) is 11.3. The number of aryl methyl sites for hydroxylation is 1. The van der Waals surface area contributed by atoms with Crippen molar-refractivity contribution in [1.29, 1.82) is 0 Å². The van der Waals surface area contributed by atoms with Crippen LogP contribution in [0, 0.1) is 6.92 Å². The van der Waals surface area contributed by atoms with Gasteiger partial charge in [-0.1, -0.05) is 29.3 Å². The summed E-state index contributed by atoms with van der Waals surface area (Å²) in [5.74, 6) is 0.514. The molecule has 1 aromatic carbocycles. The van der Waals surface area contributed by atoms with Crippen LogP contribution < -0.4 is 0 Å². The minimum atomic E-state index is 0.331. The first kappa shape index (κ1) is 12.3. The van der Waals surface area contributed by atoms with Gasteiger partial charge in [-0.3, -0.25) is 4.98 Å². The van der Waals surface area contributed by atoms with Crippen LogP contribution in [-0.2, 0) is 0 Å².